The molecule has 19 heavy (non-hydrogen) atoms. The number of carbonyl (C=O) groups excluding carboxylic acids is 1. The Hall–Kier alpha value is -1.95. The third-order valence-electron chi connectivity index (χ3n) is 3.25. The summed E-state index contributed by atoms with van der Waals surface area (Å²) in [5.41, 5.74) is 6.51. The third-order valence-corrected chi connectivity index (χ3v) is 3.25. The summed E-state index contributed by atoms with van der Waals surface area (Å²) >= 11 is 0. The number of carbonyl (C=O) groups is 1. The molecule has 3 N–H and O–H groups in total. The molecule has 1 aliphatic carbocycles. The Balaban J connectivity index is 1.84. The van der Waals surface area contributed by atoms with E-state index in [-0.39, 0.29) is 24.1 Å². The van der Waals surface area contributed by atoms with Crippen molar-refractivity contribution in [3.63, 3.8) is 0 Å². The van der Waals surface area contributed by atoms with E-state index in [1.807, 2.05) is 0 Å². The van der Waals surface area contributed by atoms with Crippen molar-refractivity contribution in [3.05, 3.63) is 39.9 Å². The van der Waals surface area contributed by atoms with Crippen LogP contribution in [-0.2, 0) is 11.2 Å². The highest BCUT2D eigenvalue weighted by Gasteiger charge is 2.28. The number of nitrogens with two attached hydrogens (primary N) is 1. The molecule has 1 aromatic rings. The minimum absolute atomic E-state index is 0.0000168. The van der Waals surface area contributed by atoms with Crippen molar-refractivity contribution in [1.82, 2.24) is 5.32 Å². The maximum atomic E-state index is 11.7. The second kappa shape index (κ2) is 5.79. The number of non-ortho nitro benzene ring substituents is 1. The van der Waals surface area contributed by atoms with Crippen LogP contribution in [0.1, 0.15) is 18.4 Å². The van der Waals surface area contributed by atoms with Gasteiger partial charge < -0.3 is 11.1 Å². The molecule has 0 heterocycles. The predicted octanol–water partition coefficient (Wildman–Crippen LogP) is 0.991. The van der Waals surface area contributed by atoms with Gasteiger partial charge in [-0.3, -0.25) is 14.9 Å². The van der Waals surface area contributed by atoms with Gasteiger partial charge in [0.05, 0.1) is 11.3 Å². The highest BCUT2D eigenvalue weighted by Crippen LogP contribution is 2.31. The first-order valence-electron chi connectivity index (χ1n) is 6.32. The van der Waals surface area contributed by atoms with Crippen LogP contribution in [0.3, 0.4) is 0 Å². The minimum Gasteiger partial charge on any atom is -0.354 e. The number of benzene rings is 1. The van der Waals surface area contributed by atoms with Crippen molar-refractivity contribution in [3.8, 4) is 0 Å². The quantitative estimate of drug-likeness (QED) is 0.590. The Kier molecular flexibility index (Phi) is 4.11. The maximum absolute atomic E-state index is 11.7. The van der Waals surface area contributed by atoms with Crippen LogP contribution >= 0.6 is 0 Å². The Morgan fingerprint density at radius 1 is 1.53 bits per heavy atom. The van der Waals surface area contributed by atoms with Crippen LogP contribution < -0.4 is 11.1 Å². The van der Waals surface area contributed by atoms with Crippen molar-refractivity contribution < 1.29 is 9.72 Å². The molecule has 1 amide bonds. The first-order chi connectivity index (χ1) is 9.06. The van der Waals surface area contributed by atoms with Gasteiger partial charge in [-0.25, -0.2) is 0 Å². The van der Waals surface area contributed by atoms with Gasteiger partial charge in [0.2, 0.25) is 5.91 Å². The molecule has 1 unspecified atom stereocenters. The van der Waals surface area contributed by atoms with Crippen LogP contribution in [0.4, 0.5) is 5.69 Å². The Morgan fingerprint density at radius 3 is 2.89 bits per heavy atom. The number of nitrogens with one attached hydrogen (secondary N) is 1. The second-order valence-corrected chi connectivity index (χ2v) is 4.91. The van der Waals surface area contributed by atoms with Crippen molar-refractivity contribution in [2.24, 2.45) is 11.7 Å². The number of nitro benzene ring substituents is 1. The zero-order chi connectivity index (χ0) is 13.8. The highest BCUT2D eigenvalue weighted by molar-refractivity contribution is 5.78. The minimum atomic E-state index is -0.468. The summed E-state index contributed by atoms with van der Waals surface area (Å²) in [5.74, 6) is 0.384. The van der Waals surface area contributed by atoms with Gasteiger partial charge in [0.1, 0.15) is 0 Å². The van der Waals surface area contributed by atoms with E-state index >= 15 is 0 Å². The highest BCUT2D eigenvalue weighted by atomic mass is 16.6. The van der Waals surface area contributed by atoms with Gasteiger partial charge in [0.15, 0.2) is 0 Å². The van der Waals surface area contributed by atoms with Crippen LogP contribution in [0.15, 0.2) is 24.3 Å². The molecular formula is C13H17N3O3. The summed E-state index contributed by atoms with van der Waals surface area (Å²) in [6, 6.07) is 6.13. The summed E-state index contributed by atoms with van der Waals surface area (Å²) in [6.45, 7) is 0.471. The Bertz CT molecular complexity index is 486. The summed E-state index contributed by atoms with van der Waals surface area (Å²) in [6.07, 6.45) is 2.42. The van der Waals surface area contributed by atoms with Gasteiger partial charge in [-0.2, -0.15) is 0 Å². The zero-order valence-corrected chi connectivity index (χ0v) is 10.5. The summed E-state index contributed by atoms with van der Waals surface area (Å²) in [5, 5.41) is 13.4. The Morgan fingerprint density at radius 2 is 2.26 bits per heavy atom. The topological polar surface area (TPSA) is 98.3 Å². The molecule has 0 aliphatic heterocycles. The smallest absolute Gasteiger partial charge is 0.269 e. The van der Waals surface area contributed by atoms with E-state index in [0.29, 0.717) is 18.0 Å². The van der Waals surface area contributed by atoms with E-state index in [1.54, 1.807) is 12.1 Å². The van der Waals surface area contributed by atoms with E-state index in [4.69, 9.17) is 5.73 Å². The molecule has 1 atom stereocenters. The number of nitro groups is 1. The van der Waals surface area contributed by atoms with Gasteiger partial charge in [-0.05, 0) is 24.3 Å². The van der Waals surface area contributed by atoms with Crippen LogP contribution in [0.25, 0.3) is 0 Å². The number of nitrogens with zero attached hydrogens (tertiary/aromatic N) is 1. The van der Waals surface area contributed by atoms with Gasteiger partial charge in [-0.1, -0.05) is 12.1 Å². The fourth-order valence-corrected chi connectivity index (χ4v) is 1.95. The average Bonchev–Trinajstić information content (AvgIpc) is 3.20. The molecule has 2 rings (SSSR count). The van der Waals surface area contributed by atoms with E-state index in [1.165, 1.54) is 12.1 Å². The fraction of sp³-hybridized carbons (Fsp3) is 0.462. The summed E-state index contributed by atoms with van der Waals surface area (Å²) in [7, 11) is 0. The molecule has 0 spiro atoms. The van der Waals surface area contributed by atoms with E-state index < -0.39 is 4.92 Å². The lowest BCUT2D eigenvalue weighted by molar-refractivity contribution is -0.384. The molecule has 6 nitrogen and oxygen atoms in total. The van der Waals surface area contributed by atoms with E-state index in [9.17, 15) is 14.9 Å². The molecule has 0 saturated heterocycles. The number of rotatable bonds is 6. The lowest BCUT2D eigenvalue weighted by Gasteiger charge is -2.11. The largest absolute Gasteiger partial charge is 0.354 e. The zero-order valence-electron chi connectivity index (χ0n) is 10.5. The molecular weight excluding hydrogens is 246 g/mol. The lowest BCUT2D eigenvalue weighted by Crippen LogP contribution is -2.39. The monoisotopic (exact) mass is 263 g/mol. The molecule has 1 aliphatic rings. The SMILES string of the molecule is NC(CNC(=O)Cc1cccc([N+](=O)[O-])c1)C1CC1. The van der Waals surface area contributed by atoms with Crippen molar-refractivity contribution in [2.45, 2.75) is 25.3 Å². The standard InChI is InChI=1S/C13H17N3O3/c14-12(10-4-5-10)8-15-13(17)7-9-2-1-3-11(6-9)16(18)19/h1-3,6,10,12H,4-5,7-8,14H2,(H,15,17). The molecule has 1 fully saturated rings. The van der Waals surface area contributed by atoms with Gasteiger partial charge in [0.25, 0.3) is 5.69 Å². The van der Waals surface area contributed by atoms with Gasteiger partial charge in [-0.15, -0.1) is 0 Å². The van der Waals surface area contributed by atoms with Gasteiger partial charge >= 0.3 is 0 Å². The maximum Gasteiger partial charge on any atom is 0.269 e. The number of hydrogen-bond acceptors (Lipinski definition) is 4. The molecule has 0 bridgehead atoms. The van der Waals surface area contributed by atoms with E-state index in [2.05, 4.69) is 5.32 Å². The fourth-order valence-electron chi connectivity index (χ4n) is 1.95. The number of hydrogen-bond donors (Lipinski definition) is 2. The summed E-state index contributed by atoms with van der Waals surface area (Å²) < 4.78 is 0. The molecule has 102 valence electrons. The third kappa shape index (κ3) is 4.03. The molecule has 1 aromatic carbocycles. The van der Waals surface area contributed by atoms with Gasteiger partial charge in [0, 0.05) is 24.7 Å². The summed E-state index contributed by atoms with van der Waals surface area (Å²) in [4.78, 5) is 21.9. The van der Waals surface area contributed by atoms with Crippen molar-refractivity contribution >= 4 is 11.6 Å². The van der Waals surface area contributed by atoms with Crippen molar-refractivity contribution in [1.29, 1.82) is 0 Å². The molecule has 1 saturated carbocycles. The first-order valence-corrected chi connectivity index (χ1v) is 6.32. The molecule has 0 radical (unpaired) electrons. The average molecular weight is 263 g/mol. The molecule has 6 heteroatoms. The van der Waals surface area contributed by atoms with Crippen LogP contribution in [0, 0.1) is 16.0 Å². The molecule has 0 aromatic heterocycles. The predicted molar refractivity (Wildman–Crippen MR) is 70.5 cm³/mol. The van der Waals surface area contributed by atoms with E-state index in [0.717, 1.165) is 12.8 Å². The Labute approximate surface area is 111 Å². The second-order valence-electron chi connectivity index (χ2n) is 4.91. The van der Waals surface area contributed by atoms with Crippen molar-refractivity contribution in [2.75, 3.05) is 6.54 Å². The lowest BCUT2D eigenvalue weighted by atomic mass is 10.1. The van der Waals surface area contributed by atoms with Crippen LogP contribution in [0.2, 0.25) is 0 Å². The normalized spacial score (nSPS) is 15.8. The van der Waals surface area contributed by atoms with Crippen LogP contribution in [-0.4, -0.2) is 23.4 Å². The van der Waals surface area contributed by atoms with Crippen LogP contribution in [0.5, 0.6) is 0 Å². The first kappa shape index (κ1) is 13.5. The number of amides is 1.